The van der Waals surface area contributed by atoms with E-state index in [9.17, 15) is 4.79 Å². The Balaban J connectivity index is 1.86. The lowest BCUT2D eigenvalue weighted by Gasteiger charge is -2.06. The Morgan fingerprint density at radius 2 is 2.08 bits per heavy atom. The van der Waals surface area contributed by atoms with E-state index in [1.165, 1.54) is 0 Å². The van der Waals surface area contributed by atoms with Gasteiger partial charge in [-0.15, -0.1) is 0 Å². The van der Waals surface area contributed by atoms with Crippen LogP contribution in [0.5, 0.6) is 5.75 Å². The van der Waals surface area contributed by atoms with Crippen LogP contribution in [0.25, 0.3) is 6.08 Å². The summed E-state index contributed by atoms with van der Waals surface area (Å²) in [7, 11) is 0. The number of rotatable bonds is 5. The topological polar surface area (TPSA) is 47.9 Å². The predicted molar refractivity (Wildman–Crippen MR) is 98.8 cm³/mol. The van der Waals surface area contributed by atoms with Crippen molar-refractivity contribution in [2.45, 2.75) is 6.92 Å². The Labute approximate surface area is 151 Å². The van der Waals surface area contributed by atoms with E-state index in [0.717, 1.165) is 11.1 Å². The lowest BCUT2D eigenvalue weighted by atomic mass is 10.2. The van der Waals surface area contributed by atoms with Crippen molar-refractivity contribution >= 4 is 29.5 Å². The fraction of sp³-hybridized carbons (Fsp3) is 0.100. The number of hydrogen-bond donors (Lipinski definition) is 0. The summed E-state index contributed by atoms with van der Waals surface area (Å²) < 4.78 is 10.8. The van der Waals surface area contributed by atoms with Crippen molar-refractivity contribution in [1.82, 2.24) is 0 Å². The molecule has 2 aromatic rings. The molecule has 5 heteroatoms. The number of ether oxygens (including phenoxy) is 2. The fourth-order valence-corrected chi connectivity index (χ4v) is 2.43. The van der Waals surface area contributed by atoms with Crippen LogP contribution >= 0.6 is 11.6 Å². The van der Waals surface area contributed by atoms with E-state index >= 15 is 0 Å². The Hall–Kier alpha value is -2.85. The maximum absolute atomic E-state index is 12.1. The molecule has 0 N–H and O–H groups in total. The molecule has 0 fully saturated rings. The zero-order valence-corrected chi connectivity index (χ0v) is 14.4. The summed E-state index contributed by atoms with van der Waals surface area (Å²) in [6.45, 7) is 6.14. The van der Waals surface area contributed by atoms with Gasteiger partial charge < -0.3 is 9.47 Å². The molecule has 0 saturated heterocycles. The minimum Gasteiger partial charge on any atom is -0.489 e. The molecule has 0 spiro atoms. The summed E-state index contributed by atoms with van der Waals surface area (Å²) in [5.74, 6) is 0.388. The second kappa shape index (κ2) is 7.36. The van der Waals surface area contributed by atoms with Crippen molar-refractivity contribution in [2.24, 2.45) is 4.99 Å². The monoisotopic (exact) mass is 353 g/mol. The van der Waals surface area contributed by atoms with Gasteiger partial charge in [0.2, 0.25) is 5.90 Å². The first-order chi connectivity index (χ1) is 12.0. The quantitative estimate of drug-likeness (QED) is 0.447. The minimum atomic E-state index is -0.511. The van der Waals surface area contributed by atoms with Crippen LogP contribution in [0.4, 0.5) is 0 Å². The number of aliphatic imine (C=N–C) groups is 1. The van der Waals surface area contributed by atoms with Gasteiger partial charge in [-0.2, -0.15) is 0 Å². The van der Waals surface area contributed by atoms with Gasteiger partial charge in [0.15, 0.2) is 5.70 Å². The van der Waals surface area contributed by atoms with Gasteiger partial charge in [0.25, 0.3) is 0 Å². The van der Waals surface area contributed by atoms with Gasteiger partial charge >= 0.3 is 5.97 Å². The largest absolute Gasteiger partial charge is 0.489 e. The highest BCUT2D eigenvalue weighted by molar-refractivity contribution is 6.34. The van der Waals surface area contributed by atoms with Crippen LogP contribution in [0.15, 0.2) is 71.4 Å². The van der Waals surface area contributed by atoms with E-state index in [1.54, 1.807) is 24.3 Å². The molecule has 0 aliphatic carbocycles. The minimum absolute atomic E-state index is 0.205. The van der Waals surface area contributed by atoms with E-state index < -0.39 is 5.97 Å². The number of carbonyl (C=O) groups is 1. The van der Waals surface area contributed by atoms with Gasteiger partial charge in [-0.05, 0) is 48.4 Å². The van der Waals surface area contributed by atoms with Crippen molar-refractivity contribution in [2.75, 3.05) is 6.61 Å². The van der Waals surface area contributed by atoms with E-state index in [2.05, 4.69) is 11.6 Å². The normalized spacial score (nSPS) is 15.0. The maximum Gasteiger partial charge on any atom is 0.363 e. The smallest absolute Gasteiger partial charge is 0.363 e. The number of nitrogens with zero attached hydrogens (tertiary/aromatic N) is 1. The molecule has 0 bridgehead atoms. The van der Waals surface area contributed by atoms with Crippen LogP contribution in [-0.4, -0.2) is 18.5 Å². The van der Waals surface area contributed by atoms with E-state index in [0.29, 0.717) is 22.9 Å². The SMILES string of the molecule is C=C(C)COc1cccc(/C=C2/N=C(c3ccccc3Cl)OC2=O)c1. The summed E-state index contributed by atoms with van der Waals surface area (Å²) in [6, 6.07) is 14.5. The highest BCUT2D eigenvalue weighted by Crippen LogP contribution is 2.24. The summed E-state index contributed by atoms with van der Waals surface area (Å²) >= 11 is 6.13. The molecule has 0 radical (unpaired) electrons. The molecule has 4 nitrogen and oxygen atoms in total. The first kappa shape index (κ1) is 17.0. The van der Waals surface area contributed by atoms with Crippen LogP contribution in [-0.2, 0) is 9.53 Å². The number of esters is 1. The fourth-order valence-electron chi connectivity index (χ4n) is 2.22. The van der Waals surface area contributed by atoms with Crippen LogP contribution in [0.3, 0.4) is 0 Å². The Morgan fingerprint density at radius 3 is 2.84 bits per heavy atom. The molecule has 0 aromatic heterocycles. The number of halogens is 1. The molecular formula is C20H16ClNO3. The molecule has 1 aliphatic heterocycles. The average molecular weight is 354 g/mol. The summed E-state index contributed by atoms with van der Waals surface area (Å²) in [4.78, 5) is 16.3. The first-order valence-electron chi connectivity index (χ1n) is 7.67. The molecule has 0 amide bonds. The van der Waals surface area contributed by atoms with Gasteiger partial charge in [-0.3, -0.25) is 0 Å². The van der Waals surface area contributed by atoms with E-state index in [4.69, 9.17) is 21.1 Å². The standard InChI is InChI=1S/C20H16ClNO3/c1-13(2)12-24-15-7-5-6-14(10-15)11-18-20(23)25-19(22-18)16-8-3-4-9-17(16)21/h3-11H,1,12H2,2H3/b18-11+. The predicted octanol–water partition coefficient (Wildman–Crippen LogP) is 4.64. The Bertz CT molecular complexity index is 899. The highest BCUT2D eigenvalue weighted by Gasteiger charge is 2.25. The Morgan fingerprint density at radius 1 is 1.28 bits per heavy atom. The second-order valence-electron chi connectivity index (χ2n) is 5.63. The average Bonchev–Trinajstić information content (AvgIpc) is 2.94. The first-order valence-corrected chi connectivity index (χ1v) is 8.05. The molecule has 0 atom stereocenters. The number of hydrogen-bond acceptors (Lipinski definition) is 4. The molecule has 25 heavy (non-hydrogen) atoms. The van der Waals surface area contributed by atoms with Gasteiger partial charge in [-0.1, -0.05) is 42.4 Å². The van der Waals surface area contributed by atoms with Crippen molar-refractivity contribution in [1.29, 1.82) is 0 Å². The molecule has 2 aromatic carbocycles. The third kappa shape index (κ3) is 4.17. The zero-order chi connectivity index (χ0) is 17.8. The van der Waals surface area contributed by atoms with Crippen molar-refractivity contribution < 1.29 is 14.3 Å². The van der Waals surface area contributed by atoms with Crippen molar-refractivity contribution in [3.8, 4) is 5.75 Å². The molecule has 1 aliphatic rings. The summed E-state index contributed by atoms with van der Waals surface area (Å²) in [5.41, 5.74) is 2.51. The van der Waals surface area contributed by atoms with Crippen molar-refractivity contribution in [3.05, 3.63) is 82.5 Å². The number of carbonyl (C=O) groups excluding carboxylic acids is 1. The number of cyclic esters (lactones) is 1. The van der Waals surface area contributed by atoms with Crippen LogP contribution < -0.4 is 4.74 Å². The molecular weight excluding hydrogens is 338 g/mol. The zero-order valence-electron chi connectivity index (χ0n) is 13.7. The van der Waals surface area contributed by atoms with Gasteiger partial charge in [0.1, 0.15) is 12.4 Å². The van der Waals surface area contributed by atoms with Gasteiger partial charge in [0.05, 0.1) is 10.6 Å². The highest BCUT2D eigenvalue weighted by atomic mass is 35.5. The molecule has 3 rings (SSSR count). The molecule has 0 unspecified atom stereocenters. The Kier molecular flexibility index (Phi) is 5.00. The van der Waals surface area contributed by atoms with Crippen LogP contribution in [0.2, 0.25) is 5.02 Å². The molecule has 0 saturated carbocycles. The third-order valence-electron chi connectivity index (χ3n) is 3.37. The lowest BCUT2D eigenvalue weighted by Crippen LogP contribution is -2.05. The summed E-state index contributed by atoms with van der Waals surface area (Å²) in [5, 5.41) is 0.477. The van der Waals surface area contributed by atoms with Gasteiger partial charge in [-0.25, -0.2) is 9.79 Å². The van der Waals surface area contributed by atoms with E-state index in [1.807, 2.05) is 37.3 Å². The van der Waals surface area contributed by atoms with Crippen molar-refractivity contribution in [3.63, 3.8) is 0 Å². The second-order valence-corrected chi connectivity index (χ2v) is 6.04. The number of benzene rings is 2. The molecule has 126 valence electrons. The van der Waals surface area contributed by atoms with Crippen LogP contribution in [0, 0.1) is 0 Å². The maximum atomic E-state index is 12.1. The lowest BCUT2D eigenvalue weighted by molar-refractivity contribution is -0.129. The molecule has 1 heterocycles. The van der Waals surface area contributed by atoms with E-state index in [-0.39, 0.29) is 11.6 Å². The summed E-state index contributed by atoms with van der Waals surface area (Å²) in [6.07, 6.45) is 1.65. The third-order valence-corrected chi connectivity index (χ3v) is 3.70. The van der Waals surface area contributed by atoms with Crippen LogP contribution in [0.1, 0.15) is 18.1 Å². The van der Waals surface area contributed by atoms with Gasteiger partial charge in [0, 0.05) is 0 Å².